The minimum atomic E-state index is -0.852. The molecule has 170 valence electrons. The molecule has 3 aromatic rings. The maximum atomic E-state index is 12.9. The Hall–Kier alpha value is -3.55. The van der Waals surface area contributed by atoms with Crippen molar-refractivity contribution in [2.24, 2.45) is 11.8 Å². The first-order valence-electron chi connectivity index (χ1n) is 11.5. The summed E-state index contributed by atoms with van der Waals surface area (Å²) >= 11 is 0. The third-order valence-corrected chi connectivity index (χ3v) is 7.30. The molecular formula is C25H25N3O5. The molecule has 2 fully saturated rings. The second-order valence-electron chi connectivity index (χ2n) is 9.07. The van der Waals surface area contributed by atoms with Gasteiger partial charge in [0.2, 0.25) is 12.7 Å². The maximum Gasteiger partial charge on any atom is 0.307 e. The monoisotopic (exact) mass is 447 g/mol. The molecular weight excluding hydrogens is 422 g/mol. The summed E-state index contributed by atoms with van der Waals surface area (Å²) in [5.74, 6) is 0.973. The summed E-state index contributed by atoms with van der Waals surface area (Å²) < 4.78 is 13.1. The molecule has 2 aromatic heterocycles. The Labute approximate surface area is 190 Å². The molecule has 1 saturated carbocycles. The largest absolute Gasteiger partial charge is 0.481 e. The van der Waals surface area contributed by atoms with Gasteiger partial charge in [0.15, 0.2) is 11.5 Å². The first-order chi connectivity index (χ1) is 16.1. The number of likely N-dealkylation sites (tertiary alicyclic amines) is 1. The minimum absolute atomic E-state index is 0.00104. The molecule has 2 aliphatic heterocycles. The Morgan fingerprint density at radius 3 is 2.52 bits per heavy atom. The summed E-state index contributed by atoms with van der Waals surface area (Å²) in [5.41, 5.74) is 2.91. The number of ether oxygens (including phenoxy) is 2. The van der Waals surface area contributed by atoms with E-state index in [0.29, 0.717) is 25.9 Å². The average Bonchev–Trinajstić information content (AvgIpc) is 3.42. The number of hydrogen-bond acceptors (Lipinski definition) is 5. The first kappa shape index (κ1) is 20.1. The molecule has 1 amide bonds. The van der Waals surface area contributed by atoms with Crippen LogP contribution >= 0.6 is 0 Å². The van der Waals surface area contributed by atoms with Gasteiger partial charge in [0.25, 0.3) is 0 Å². The number of imidazole rings is 1. The van der Waals surface area contributed by atoms with Crippen molar-refractivity contribution < 1.29 is 24.2 Å². The number of nitrogens with zero attached hydrogens (tertiary/aromatic N) is 3. The van der Waals surface area contributed by atoms with E-state index in [-0.39, 0.29) is 24.5 Å². The number of rotatable bonds is 4. The standard InChI is InChI=1S/C25H25N3O5/c29-24(17-5-6-18(17)25(30)31)27-11-8-15(9-12-27)23-26-22(19-3-1-2-10-28(19)23)16-4-7-20-21(13-16)33-14-32-20/h1-4,7,10,13,15,17-18H,5-6,8-9,11-12,14H2,(H,30,31). The van der Waals surface area contributed by atoms with E-state index in [4.69, 9.17) is 14.5 Å². The number of benzene rings is 1. The lowest BCUT2D eigenvalue weighted by molar-refractivity contribution is -0.157. The molecule has 6 rings (SSSR count). The maximum absolute atomic E-state index is 12.9. The quantitative estimate of drug-likeness (QED) is 0.658. The molecule has 0 radical (unpaired) electrons. The third-order valence-electron chi connectivity index (χ3n) is 7.30. The van der Waals surface area contributed by atoms with E-state index in [9.17, 15) is 14.7 Å². The molecule has 2 unspecified atom stereocenters. The molecule has 1 aromatic carbocycles. The van der Waals surface area contributed by atoms with Gasteiger partial charge in [-0.3, -0.25) is 9.59 Å². The van der Waals surface area contributed by atoms with Gasteiger partial charge in [0.1, 0.15) is 5.82 Å². The van der Waals surface area contributed by atoms with Crippen LogP contribution in [0.2, 0.25) is 0 Å². The van der Waals surface area contributed by atoms with Gasteiger partial charge >= 0.3 is 5.97 Å². The van der Waals surface area contributed by atoms with Gasteiger partial charge in [-0.05, 0) is 56.0 Å². The van der Waals surface area contributed by atoms with E-state index >= 15 is 0 Å². The van der Waals surface area contributed by atoms with Crippen molar-refractivity contribution in [3.63, 3.8) is 0 Å². The fraction of sp³-hybridized carbons (Fsp3) is 0.400. The van der Waals surface area contributed by atoms with Crippen LogP contribution in [0.15, 0.2) is 42.6 Å². The molecule has 3 aliphatic rings. The number of amides is 1. The van der Waals surface area contributed by atoms with Crippen molar-refractivity contribution in [3.8, 4) is 22.8 Å². The zero-order chi connectivity index (χ0) is 22.5. The summed E-state index contributed by atoms with van der Waals surface area (Å²) in [6, 6.07) is 12.0. The van der Waals surface area contributed by atoms with Crippen LogP contribution in [0, 0.1) is 11.8 Å². The van der Waals surface area contributed by atoms with E-state index in [0.717, 1.165) is 46.9 Å². The normalized spacial score (nSPS) is 22.4. The lowest BCUT2D eigenvalue weighted by atomic mass is 9.72. The number of carbonyl (C=O) groups excluding carboxylic acids is 1. The molecule has 1 saturated heterocycles. The van der Waals surface area contributed by atoms with Crippen LogP contribution in [-0.4, -0.2) is 51.2 Å². The summed E-state index contributed by atoms with van der Waals surface area (Å²) in [6.07, 6.45) is 4.94. The second kappa shape index (κ2) is 7.79. The highest BCUT2D eigenvalue weighted by atomic mass is 16.7. The number of pyridine rings is 1. The first-order valence-corrected chi connectivity index (χ1v) is 11.5. The van der Waals surface area contributed by atoms with Crippen LogP contribution < -0.4 is 9.47 Å². The van der Waals surface area contributed by atoms with Crippen molar-refractivity contribution in [2.45, 2.75) is 31.6 Å². The van der Waals surface area contributed by atoms with Crippen molar-refractivity contribution in [1.29, 1.82) is 0 Å². The van der Waals surface area contributed by atoms with Gasteiger partial charge in [-0.2, -0.15) is 0 Å². The molecule has 33 heavy (non-hydrogen) atoms. The van der Waals surface area contributed by atoms with Crippen LogP contribution in [0.4, 0.5) is 0 Å². The fourth-order valence-electron chi connectivity index (χ4n) is 5.29. The van der Waals surface area contributed by atoms with Crippen LogP contribution in [0.5, 0.6) is 11.5 Å². The Morgan fingerprint density at radius 1 is 0.970 bits per heavy atom. The highest BCUT2D eigenvalue weighted by Gasteiger charge is 2.43. The van der Waals surface area contributed by atoms with E-state index in [1.807, 2.05) is 41.4 Å². The van der Waals surface area contributed by atoms with Gasteiger partial charge in [-0.15, -0.1) is 0 Å². The average molecular weight is 447 g/mol. The zero-order valence-electron chi connectivity index (χ0n) is 18.1. The lowest BCUT2D eigenvalue weighted by Gasteiger charge is -2.39. The Balaban J connectivity index is 1.24. The predicted octanol–water partition coefficient (Wildman–Crippen LogP) is 3.55. The molecule has 1 N–H and O–H groups in total. The Bertz CT molecular complexity index is 1240. The van der Waals surface area contributed by atoms with E-state index in [2.05, 4.69) is 10.5 Å². The van der Waals surface area contributed by atoms with Crippen LogP contribution in [0.3, 0.4) is 0 Å². The van der Waals surface area contributed by atoms with Crippen LogP contribution in [0.25, 0.3) is 16.8 Å². The SMILES string of the molecule is O=C(O)C1CCC1C(=O)N1CCC(c2nc(-c3ccc4c(c3)OCO4)c3ccccn23)CC1. The molecule has 2 atom stereocenters. The molecule has 0 bridgehead atoms. The Morgan fingerprint density at radius 2 is 1.76 bits per heavy atom. The van der Waals surface area contributed by atoms with Gasteiger partial charge in [0.05, 0.1) is 23.0 Å². The minimum Gasteiger partial charge on any atom is -0.481 e. The number of piperidine rings is 1. The second-order valence-corrected chi connectivity index (χ2v) is 9.07. The molecule has 8 nitrogen and oxygen atoms in total. The van der Waals surface area contributed by atoms with Gasteiger partial charge in [-0.1, -0.05) is 6.07 Å². The van der Waals surface area contributed by atoms with Crippen LogP contribution in [0.1, 0.15) is 37.4 Å². The topological polar surface area (TPSA) is 93.4 Å². The summed E-state index contributed by atoms with van der Waals surface area (Å²) in [7, 11) is 0. The summed E-state index contributed by atoms with van der Waals surface area (Å²) in [5, 5.41) is 9.29. The van der Waals surface area contributed by atoms with E-state index in [1.54, 1.807) is 0 Å². The zero-order valence-corrected chi connectivity index (χ0v) is 18.1. The number of carbonyl (C=O) groups is 2. The van der Waals surface area contributed by atoms with E-state index < -0.39 is 11.9 Å². The smallest absolute Gasteiger partial charge is 0.307 e. The number of carboxylic acid groups (broad SMARTS) is 1. The highest BCUT2D eigenvalue weighted by Crippen LogP contribution is 2.40. The highest BCUT2D eigenvalue weighted by molar-refractivity contribution is 5.86. The van der Waals surface area contributed by atoms with Crippen molar-refractivity contribution >= 4 is 17.4 Å². The summed E-state index contributed by atoms with van der Waals surface area (Å²) in [6.45, 7) is 1.50. The predicted molar refractivity (Wildman–Crippen MR) is 119 cm³/mol. The lowest BCUT2D eigenvalue weighted by Crippen LogP contribution is -2.48. The number of aliphatic carboxylic acids is 1. The number of carboxylic acids is 1. The molecule has 0 spiro atoms. The molecule has 1 aliphatic carbocycles. The third kappa shape index (κ3) is 3.32. The van der Waals surface area contributed by atoms with Gasteiger partial charge in [0, 0.05) is 30.8 Å². The van der Waals surface area contributed by atoms with Crippen molar-refractivity contribution in [2.75, 3.05) is 19.9 Å². The van der Waals surface area contributed by atoms with Crippen molar-refractivity contribution in [1.82, 2.24) is 14.3 Å². The number of fused-ring (bicyclic) bond motifs is 2. The Kier molecular flexibility index (Phi) is 4.74. The fourth-order valence-corrected chi connectivity index (χ4v) is 5.29. The van der Waals surface area contributed by atoms with Gasteiger partial charge < -0.3 is 23.9 Å². The molecule has 4 heterocycles. The van der Waals surface area contributed by atoms with Crippen molar-refractivity contribution in [3.05, 3.63) is 48.4 Å². The van der Waals surface area contributed by atoms with Crippen LogP contribution in [-0.2, 0) is 9.59 Å². The number of aromatic nitrogens is 2. The van der Waals surface area contributed by atoms with Gasteiger partial charge in [-0.25, -0.2) is 4.98 Å². The molecule has 8 heteroatoms. The number of hydrogen-bond donors (Lipinski definition) is 1. The van der Waals surface area contributed by atoms with E-state index in [1.165, 1.54) is 0 Å². The summed E-state index contributed by atoms with van der Waals surface area (Å²) in [4.78, 5) is 31.1.